The van der Waals surface area contributed by atoms with Crippen LogP contribution in [0.5, 0.6) is 0 Å². The second-order valence-corrected chi connectivity index (χ2v) is 10.7. The highest BCUT2D eigenvalue weighted by atomic mass is 32.2. The van der Waals surface area contributed by atoms with Crippen molar-refractivity contribution in [3.05, 3.63) is 35.9 Å². The zero-order valence-corrected chi connectivity index (χ0v) is 23.1. The van der Waals surface area contributed by atoms with Gasteiger partial charge >= 0.3 is 5.97 Å². The maximum Gasteiger partial charge on any atom is 0.326 e. The minimum atomic E-state index is -1.16. The van der Waals surface area contributed by atoms with Crippen LogP contribution in [0.4, 0.5) is 0 Å². The molecule has 5 atom stereocenters. The Hall–Kier alpha value is -2.24. The molecule has 3 amide bonds. The van der Waals surface area contributed by atoms with Crippen molar-refractivity contribution >= 4 is 47.2 Å². The summed E-state index contributed by atoms with van der Waals surface area (Å²) in [5, 5.41) is 17.7. The lowest BCUT2D eigenvalue weighted by Crippen LogP contribution is -2.59. The van der Waals surface area contributed by atoms with Gasteiger partial charge in [-0.25, -0.2) is 4.79 Å². The lowest BCUT2D eigenvalue weighted by Gasteiger charge is -2.28. The van der Waals surface area contributed by atoms with E-state index >= 15 is 0 Å². The van der Waals surface area contributed by atoms with Crippen LogP contribution in [-0.4, -0.2) is 77.0 Å². The summed E-state index contributed by atoms with van der Waals surface area (Å²) in [6.07, 6.45) is 5.37. The highest BCUT2D eigenvalue weighted by Crippen LogP contribution is 2.12. The first-order valence-electron chi connectivity index (χ1n) is 12.1. The molecule has 0 aliphatic carbocycles. The molecule has 1 aromatic carbocycles. The van der Waals surface area contributed by atoms with E-state index in [0.717, 1.165) is 11.3 Å². The Bertz CT molecular complexity index is 843. The molecule has 0 heterocycles. The molecule has 5 unspecified atom stereocenters. The monoisotopic (exact) mass is 540 g/mol. The van der Waals surface area contributed by atoms with Gasteiger partial charge < -0.3 is 26.8 Å². The normalized spacial score (nSPS) is 15.1. The van der Waals surface area contributed by atoms with E-state index in [9.17, 15) is 24.3 Å². The molecular formula is C25H40N4O5S2. The van der Waals surface area contributed by atoms with Crippen molar-refractivity contribution in [1.29, 1.82) is 0 Å². The van der Waals surface area contributed by atoms with Gasteiger partial charge in [0, 0.05) is 6.42 Å². The van der Waals surface area contributed by atoms with Gasteiger partial charge in [-0.1, -0.05) is 50.6 Å². The number of benzene rings is 1. The topological polar surface area (TPSA) is 151 Å². The Kier molecular flexibility index (Phi) is 15.2. The Balaban J connectivity index is 2.98. The molecule has 0 spiro atoms. The van der Waals surface area contributed by atoms with Crippen LogP contribution in [0.1, 0.15) is 38.7 Å². The van der Waals surface area contributed by atoms with Crippen molar-refractivity contribution in [2.24, 2.45) is 11.7 Å². The van der Waals surface area contributed by atoms with E-state index in [1.807, 2.05) is 32.4 Å². The summed E-state index contributed by atoms with van der Waals surface area (Å²) >= 11 is 3.12. The van der Waals surface area contributed by atoms with Crippen LogP contribution >= 0.6 is 23.5 Å². The SMILES string of the molecule is CCC(C)C(NC(=O)C(CCSC)NC(=O)C(N)CCSC)C(=O)NC(Cc1ccccc1)C(=O)O. The summed E-state index contributed by atoms with van der Waals surface area (Å²) in [7, 11) is 0. The molecule has 6 N–H and O–H groups in total. The van der Waals surface area contributed by atoms with Crippen molar-refractivity contribution in [3.63, 3.8) is 0 Å². The van der Waals surface area contributed by atoms with Gasteiger partial charge in [0.15, 0.2) is 0 Å². The minimum absolute atomic E-state index is 0.115. The molecule has 11 heteroatoms. The fourth-order valence-electron chi connectivity index (χ4n) is 3.43. The van der Waals surface area contributed by atoms with Crippen molar-refractivity contribution in [2.75, 3.05) is 24.0 Å². The van der Waals surface area contributed by atoms with E-state index in [2.05, 4.69) is 16.0 Å². The second-order valence-electron chi connectivity index (χ2n) is 8.69. The van der Waals surface area contributed by atoms with Gasteiger partial charge in [-0.3, -0.25) is 14.4 Å². The van der Waals surface area contributed by atoms with E-state index < -0.39 is 47.9 Å². The van der Waals surface area contributed by atoms with Gasteiger partial charge in [0.2, 0.25) is 17.7 Å². The number of aliphatic carboxylic acids is 1. The molecule has 0 bridgehead atoms. The van der Waals surface area contributed by atoms with E-state index in [4.69, 9.17) is 5.73 Å². The summed E-state index contributed by atoms with van der Waals surface area (Å²) in [4.78, 5) is 50.8. The van der Waals surface area contributed by atoms with Crippen LogP contribution in [-0.2, 0) is 25.6 Å². The van der Waals surface area contributed by atoms with Crippen LogP contribution in [0.25, 0.3) is 0 Å². The van der Waals surface area contributed by atoms with Crippen LogP contribution in [0.3, 0.4) is 0 Å². The van der Waals surface area contributed by atoms with E-state index in [0.29, 0.717) is 25.0 Å². The first kappa shape index (κ1) is 31.8. The number of hydrogen-bond acceptors (Lipinski definition) is 7. The maximum atomic E-state index is 13.2. The molecule has 1 rings (SSSR count). The number of thioether (sulfide) groups is 2. The van der Waals surface area contributed by atoms with Gasteiger partial charge in [-0.15, -0.1) is 0 Å². The van der Waals surface area contributed by atoms with Gasteiger partial charge in [-0.05, 0) is 48.3 Å². The van der Waals surface area contributed by atoms with Crippen molar-refractivity contribution < 1.29 is 24.3 Å². The summed E-state index contributed by atoms with van der Waals surface area (Å²) in [5.74, 6) is -1.57. The number of carboxylic acids is 1. The standard InChI is InChI=1S/C25H40N4O5S2/c1-5-16(2)21(24(32)28-20(25(33)34)15-17-9-7-6-8-10-17)29-23(31)19(12-14-36-4)27-22(30)18(26)11-13-35-3/h6-10,16,18-21H,5,11-15,26H2,1-4H3,(H,27,30)(H,28,32)(H,29,31)(H,33,34). The van der Waals surface area contributed by atoms with E-state index in [1.54, 1.807) is 36.0 Å². The molecular weight excluding hydrogens is 500 g/mol. The fourth-order valence-corrected chi connectivity index (χ4v) is 4.39. The molecule has 0 fully saturated rings. The molecule has 0 aliphatic rings. The quantitative estimate of drug-likeness (QED) is 0.200. The Labute approximate surface area is 222 Å². The second kappa shape index (κ2) is 17.3. The lowest BCUT2D eigenvalue weighted by molar-refractivity contribution is -0.142. The van der Waals surface area contributed by atoms with E-state index in [-0.39, 0.29) is 12.3 Å². The average molecular weight is 541 g/mol. The van der Waals surface area contributed by atoms with Gasteiger partial charge in [-0.2, -0.15) is 23.5 Å². The van der Waals surface area contributed by atoms with Crippen molar-refractivity contribution in [2.45, 2.75) is 63.7 Å². The molecule has 36 heavy (non-hydrogen) atoms. The summed E-state index contributed by atoms with van der Waals surface area (Å²) in [5.41, 5.74) is 6.73. The molecule has 0 saturated heterocycles. The molecule has 1 aromatic rings. The minimum Gasteiger partial charge on any atom is -0.480 e. The number of amides is 3. The predicted molar refractivity (Wildman–Crippen MR) is 147 cm³/mol. The molecule has 0 aliphatic heterocycles. The van der Waals surface area contributed by atoms with Crippen molar-refractivity contribution in [1.82, 2.24) is 16.0 Å². The van der Waals surface area contributed by atoms with Crippen LogP contribution < -0.4 is 21.7 Å². The number of nitrogens with one attached hydrogen (secondary N) is 3. The van der Waals surface area contributed by atoms with Gasteiger partial charge in [0.25, 0.3) is 0 Å². The highest BCUT2D eigenvalue weighted by molar-refractivity contribution is 7.98. The Morgan fingerprint density at radius 3 is 2.03 bits per heavy atom. The first-order valence-corrected chi connectivity index (χ1v) is 14.8. The van der Waals surface area contributed by atoms with Crippen LogP contribution in [0, 0.1) is 5.92 Å². The third kappa shape index (κ3) is 11.2. The van der Waals surface area contributed by atoms with Gasteiger partial charge in [0.05, 0.1) is 6.04 Å². The predicted octanol–water partition coefficient (Wildman–Crippen LogP) is 1.65. The summed E-state index contributed by atoms with van der Waals surface area (Å²) in [6.45, 7) is 3.69. The van der Waals surface area contributed by atoms with Crippen LogP contribution in [0.2, 0.25) is 0 Å². The molecule has 0 saturated carbocycles. The third-order valence-corrected chi connectivity index (χ3v) is 7.19. The Morgan fingerprint density at radius 1 is 0.889 bits per heavy atom. The number of carbonyl (C=O) groups excluding carboxylic acids is 3. The molecule has 202 valence electrons. The van der Waals surface area contributed by atoms with Crippen molar-refractivity contribution in [3.8, 4) is 0 Å². The summed E-state index contributed by atoms with van der Waals surface area (Å²) in [6, 6.07) is 5.31. The molecule has 0 radical (unpaired) electrons. The Morgan fingerprint density at radius 2 is 1.47 bits per heavy atom. The third-order valence-electron chi connectivity index (χ3n) is 5.90. The maximum absolute atomic E-state index is 13.2. The largest absolute Gasteiger partial charge is 0.480 e. The van der Waals surface area contributed by atoms with Gasteiger partial charge in [0.1, 0.15) is 18.1 Å². The first-order chi connectivity index (χ1) is 17.1. The zero-order valence-electron chi connectivity index (χ0n) is 21.5. The van der Waals surface area contributed by atoms with E-state index in [1.165, 1.54) is 11.8 Å². The number of carboxylic acid groups (broad SMARTS) is 1. The number of rotatable bonds is 17. The average Bonchev–Trinajstić information content (AvgIpc) is 2.87. The smallest absolute Gasteiger partial charge is 0.326 e. The highest BCUT2D eigenvalue weighted by Gasteiger charge is 2.32. The molecule has 0 aromatic heterocycles. The fraction of sp³-hybridized carbons (Fsp3) is 0.600. The van der Waals surface area contributed by atoms with Crippen LogP contribution in [0.15, 0.2) is 30.3 Å². The number of nitrogens with two attached hydrogens (primary N) is 1. The number of hydrogen-bond donors (Lipinski definition) is 5. The lowest BCUT2D eigenvalue weighted by atomic mass is 9.96. The molecule has 9 nitrogen and oxygen atoms in total. The summed E-state index contributed by atoms with van der Waals surface area (Å²) < 4.78 is 0. The number of carbonyl (C=O) groups is 4. The zero-order chi connectivity index (χ0) is 27.1.